The average Bonchev–Trinajstić information content (AvgIpc) is 3.03. The summed E-state index contributed by atoms with van der Waals surface area (Å²) in [6.45, 7) is 8.54. The first-order valence-corrected chi connectivity index (χ1v) is 10.5. The number of thiophene rings is 1. The lowest BCUT2D eigenvalue weighted by molar-refractivity contribution is 0.411. The molecule has 0 aliphatic carbocycles. The van der Waals surface area contributed by atoms with E-state index in [2.05, 4.69) is 25.8 Å². The minimum Gasteiger partial charge on any atom is -0.506 e. The molecule has 148 valence electrons. The summed E-state index contributed by atoms with van der Waals surface area (Å²) in [4.78, 5) is 5.52. The third-order valence-electron chi connectivity index (χ3n) is 4.91. The molecule has 4 aromatic rings. The van der Waals surface area contributed by atoms with Crippen LogP contribution in [0.4, 0.5) is 4.39 Å². The van der Waals surface area contributed by atoms with E-state index < -0.39 is 0 Å². The van der Waals surface area contributed by atoms with Gasteiger partial charge in [0, 0.05) is 27.8 Å². The molecule has 0 spiro atoms. The van der Waals surface area contributed by atoms with Gasteiger partial charge in [0.2, 0.25) is 0 Å². The highest BCUT2D eigenvalue weighted by Crippen LogP contribution is 2.42. The number of nitrogens with zero attached hydrogens (tertiary/aromatic N) is 1. The SMILES string of the molecule is Cc1cc2ccc(-c3cccc(-c4cc(CC(C)(C)C)ccn4)c3F)c(O)c2s1. The van der Waals surface area contributed by atoms with E-state index in [1.54, 1.807) is 24.4 Å². The molecule has 0 atom stereocenters. The minimum absolute atomic E-state index is 0.131. The van der Waals surface area contributed by atoms with E-state index in [-0.39, 0.29) is 17.0 Å². The normalized spacial score (nSPS) is 11.9. The average molecular weight is 406 g/mol. The van der Waals surface area contributed by atoms with Crippen molar-refractivity contribution < 1.29 is 9.50 Å². The molecule has 0 unspecified atom stereocenters. The quantitative estimate of drug-likeness (QED) is 0.386. The van der Waals surface area contributed by atoms with Gasteiger partial charge in [0.25, 0.3) is 0 Å². The molecule has 29 heavy (non-hydrogen) atoms. The molecule has 0 fully saturated rings. The Balaban J connectivity index is 1.81. The summed E-state index contributed by atoms with van der Waals surface area (Å²) in [5.74, 6) is -0.234. The molecule has 0 radical (unpaired) electrons. The lowest BCUT2D eigenvalue weighted by Gasteiger charge is -2.18. The molecule has 0 saturated heterocycles. The molecule has 1 N–H and O–H groups in total. The van der Waals surface area contributed by atoms with Crippen LogP contribution in [0.2, 0.25) is 0 Å². The van der Waals surface area contributed by atoms with Gasteiger partial charge in [-0.25, -0.2) is 4.39 Å². The number of aromatic nitrogens is 1. The molecular weight excluding hydrogens is 381 g/mol. The number of halogens is 1. The van der Waals surface area contributed by atoms with Crippen LogP contribution < -0.4 is 0 Å². The van der Waals surface area contributed by atoms with E-state index in [0.717, 1.165) is 26.9 Å². The van der Waals surface area contributed by atoms with Gasteiger partial charge in [-0.2, -0.15) is 0 Å². The van der Waals surface area contributed by atoms with Crippen molar-refractivity contribution in [3.05, 3.63) is 71.0 Å². The number of pyridine rings is 1. The number of hydrogen-bond donors (Lipinski definition) is 1. The van der Waals surface area contributed by atoms with E-state index in [1.165, 1.54) is 11.3 Å². The van der Waals surface area contributed by atoms with Crippen molar-refractivity contribution in [3.8, 4) is 28.1 Å². The van der Waals surface area contributed by atoms with Crippen molar-refractivity contribution in [1.82, 2.24) is 4.98 Å². The van der Waals surface area contributed by atoms with E-state index in [1.807, 2.05) is 37.3 Å². The lowest BCUT2D eigenvalue weighted by Crippen LogP contribution is -2.09. The number of benzene rings is 2. The zero-order valence-corrected chi connectivity index (χ0v) is 17.9. The molecule has 4 heteroatoms. The van der Waals surface area contributed by atoms with E-state index in [0.29, 0.717) is 22.4 Å². The Morgan fingerprint density at radius 3 is 2.52 bits per heavy atom. The highest BCUT2D eigenvalue weighted by atomic mass is 32.1. The van der Waals surface area contributed by atoms with Gasteiger partial charge in [-0.05, 0) is 60.0 Å². The number of hydrogen-bond acceptors (Lipinski definition) is 3. The van der Waals surface area contributed by atoms with Gasteiger partial charge >= 0.3 is 0 Å². The molecule has 0 saturated carbocycles. The number of fused-ring (bicyclic) bond motifs is 1. The molecule has 2 aromatic carbocycles. The van der Waals surface area contributed by atoms with Crippen molar-refractivity contribution in [1.29, 1.82) is 0 Å². The largest absolute Gasteiger partial charge is 0.506 e. The molecule has 4 rings (SSSR count). The molecule has 0 bridgehead atoms. The predicted molar refractivity (Wildman–Crippen MR) is 120 cm³/mol. The number of aromatic hydroxyl groups is 1. The summed E-state index contributed by atoms with van der Waals surface area (Å²) in [5, 5.41) is 11.8. The molecule has 0 aliphatic rings. The van der Waals surface area contributed by atoms with E-state index in [9.17, 15) is 5.11 Å². The molecule has 0 aliphatic heterocycles. The van der Waals surface area contributed by atoms with Crippen LogP contribution in [-0.2, 0) is 6.42 Å². The molecular formula is C25H24FNOS. The van der Waals surface area contributed by atoms with Crippen molar-refractivity contribution in [2.75, 3.05) is 0 Å². The van der Waals surface area contributed by atoms with Crippen LogP contribution in [0.1, 0.15) is 31.2 Å². The van der Waals surface area contributed by atoms with Crippen molar-refractivity contribution >= 4 is 21.4 Å². The van der Waals surface area contributed by atoms with Gasteiger partial charge in [0.05, 0.1) is 10.4 Å². The Hall–Kier alpha value is -2.72. The second-order valence-electron chi connectivity index (χ2n) is 8.69. The van der Waals surface area contributed by atoms with Gasteiger partial charge < -0.3 is 5.11 Å². The topological polar surface area (TPSA) is 33.1 Å². The Bertz CT molecular complexity index is 1200. The van der Waals surface area contributed by atoms with Crippen molar-refractivity contribution in [2.45, 2.75) is 34.1 Å². The number of aryl methyl sites for hydroxylation is 1. The van der Waals surface area contributed by atoms with Crippen LogP contribution in [0, 0.1) is 18.2 Å². The summed E-state index contributed by atoms with van der Waals surface area (Å²) >= 11 is 1.52. The molecule has 2 nitrogen and oxygen atoms in total. The number of phenols is 1. The van der Waals surface area contributed by atoms with Gasteiger partial charge in [-0.3, -0.25) is 4.98 Å². The van der Waals surface area contributed by atoms with Crippen molar-refractivity contribution in [2.24, 2.45) is 5.41 Å². The number of rotatable bonds is 3. The standard InChI is InChI=1S/C25H24FNOS/c1-15-12-17-8-9-19(23(28)24(17)29-15)18-6-5-7-20(22(18)26)21-13-16(10-11-27-21)14-25(2,3)4/h5-13,28H,14H2,1-4H3. The van der Waals surface area contributed by atoms with Gasteiger partial charge in [0.1, 0.15) is 11.6 Å². The highest BCUT2D eigenvalue weighted by Gasteiger charge is 2.18. The van der Waals surface area contributed by atoms with Gasteiger partial charge in [-0.1, -0.05) is 39.0 Å². The summed E-state index contributed by atoms with van der Waals surface area (Å²) in [5.41, 5.74) is 3.21. The third kappa shape index (κ3) is 3.90. The van der Waals surface area contributed by atoms with Crippen LogP contribution in [0.15, 0.2) is 54.7 Å². The van der Waals surface area contributed by atoms with Crippen LogP contribution in [-0.4, -0.2) is 10.1 Å². The molecule has 0 amide bonds. The van der Waals surface area contributed by atoms with E-state index in [4.69, 9.17) is 0 Å². The lowest BCUT2D eigenvalue weighted by atomic mass is 9.88. The zero-order valence-electron chi connectivity index (χ0n) is 17.1. The van der Waals surface area contributed by atoms with Gasteiger partial charge in [-0.15, -0.1) is 11.3 Å². The van der Waals surface area contributed by atoms with Crippen LogP contribution in [0.25, 0.3) is 32.5 Å². The zero-order chi connectivity index (χ0) is 20.8. The van der Waals surface area contributed by atoms with Crippen molar-refractivity contribution in [3.63, 3.8) is 0 Å². The number of phenolic OH excluding ortho intramolecular Hbond substituents is 1. The second kappa shape index (κ2) is 7.27. The first kappa shape index (κ1) is 19.6. The van der Waals surface area contributed by atoms with Crippen LogP contribution >= 0.6 is 11.3 Å². The Morgan fingerprint density at radius 2 is 1.76 bits per heavy atom. The maximum atomic E-state index is 15.6. The van der Waals surface area contributed by atoms with Crippen LogP contribution in [0.5, 0.6) is 5.75 Å². The summed E-state index contributed by atoms with van der Waals surface area (Å²) in [7, 11) is 0. The summed E-state index contributed by atoms with van der Waals surface area (Å²) in [6, 6.07) is 15.0. The smallest absolute Gasteiger partial charge is 0.141 e. The van der Waals surface area contributed by atoms with Crippen LogP contribution in [0.3, 0.4) is 0 Å². The predicted octanol–water partition coefficient (Wildman–Crippen LogP) is 7.37. The molecule has 2 aromatic heterocycles. The van der Waals surface area contributed by atoms with E-state index >= 15 is 4.39 Å². The monoisotopic (exact) mass is 405 g/mol. The third-order valence-corrected chi connectivity index (χ3v) is 5.98. The van der Waals surface area contributed by atoms with Gasteiger partial charge in [0.15, 0.2) is 0 Å². The second-order valence-corrected chi connectivity index (χ2v) is 9.95. The fourth-order valence-corrected chi connectivity index (χ4v) is 4.68. The Labute approximate surface area is 174 Å². The first-order valence-electron chi connectivity index (χ1n) is 9.69. The summed E-state index contributed by atoms with van der Waals surface area (Å²) < 4.78 is 16.3. The maximum Gasteiger partial charge on any atom is 0.141 e. The fourth-order valence-electron chi connectivity index (χ4n) is 3.72. The maximum absolute atomic E-state index is 15.6. The highest BCUT2D eigenvalue weighted by molar-refractivity contribution is 7.19. The minimum atomic E-state index is -0.365. The molecule has 2 heterocycles. The first-order chi connectivity index (χ1) is 13.7. The fraction of sp³-hybridized carbons (Fsp3) is 0.240. The Kier molecular flexibility index (Phi) is 4.91. The Morgan fingerprint density at radius 1 is 1.00 bits per heavy atom. The summed E-state index contributed by atoms with van der Waals surface area (Å²) in [6.07, 6.45) is 2.62.